The predicted octanol–water partition coefficient (Wildman–Crippen LogP) is 5.03. The van der Waals surface area contributed by atoms with Gasteiger partial charge in [-0.15, -0.1) is 0 Å². The molecule has 0 radical (unpaired) electrons. The molecule has 0 unspecified atom stereocenters. The van der Waals surface area contributed by atoms with Gasteiger partial charge in [0.05, 0.1) is 0 Å². The van der Waals surface area contributed by atoms with Crippen molar-refractivity contribution in [3.8, 4) is 28.4 Å². The number of hydrogen-bond donors (Lipinski definition) is 0. The van der Waals surface area contributed by atoms with Crippen LogP contribution < -0.4 is 7.94 Å². The van der Waals surface area contributed by atoms with Crippen LogP contribution in [0.15, 0.2) is 116 Å². The average Bonchev–Trinajstić information content (AvgIpc) is 3.56. The Morgan fingerprint density at radius 1 is 0.710 bits per heavy atom. The molecule has 0 fully saturated rings. The van der Waals surface area contributed by atoms with Crippen LogP contribution in [0.2, 0.25) is 0 Å². The van der Waals surface area contributed by atoms with E-state index in [2.05, 4.69) is 27.1 Å². The molecule has 31 heavy (non-hydrogen) atoms. The first-order chi connectivity index (χ1) is 14.9. The maximum absolute atomic E-state index is 6.10. The van der Waals surface area contributed by atoms with Gasteiger partial charge >= 0.3 is 170 Å². The monoisotopic (exact) mass is 484 g/mol. The summed E-state index contributed by atoms with van der Waals surface area (Å²) in [7, 11) is 0. The first-order valence-electron chi connectivity index (χ1n) is 9.50. The standard InChI is InChI=1S/C15H11N3O.C5H5.C5H4.Fe.V/c19-13-7-4-10-18-15(13)14-11(5-3-9-17-14)12-6-1-2-8-16-12;2*1-2-4-5-3-1;;/h1-10,19H;1-5H;1-4H;;/q;2*-1;+2;+3/p-1. The van der Waals surface area contributed by atoms with Crippen molar-refractivity contribution in [2.45, 2.75) is 0 Å². The summed E-state index contributed by atoms with van der Waals surface area (Å²) in [5.74, 6) is 0.750. The number of nitrogens with zero attached hydrogens (tertiary/aromatic N) is 3. The summed E-state index contributed by atoms with van der Waals surface area (Å²) in [5, 5.41) is 0. The van der Waals surface area contributed by atoms with Gasteiger partial charge in [0.1, 0.15) is 0 Å². The third-order valence-corrected chi connectivity index (χ3v) is 5.44. The zero-order chi connectivity index (χ0) is 20.4. The molecular weight excluding hydrogens is 465 g/mol. The Bertz CT molecular complexity index is 1130. The van der Waals surface area contributed by atoms with E-state index >= 15 is 0 Å². The van der Waals surface area contributed by atoms with Crippen molar-refractivity contribution in [1.82, 2.24) is 15.0 Å². The Labute approximate surface area is 200 Å². The maximum atomic E-state index is 6.10. The van der Waals surface area contributed by atoms with Gasteiger partial charge in [0.15, 0.2) is 0 Å². The molecule has 0 N–H and O–H groups in total. The van der Waals surface area contributed by atoms with Crippen molar-refractivity contribution >= 4 is 4.28 Å². The summed E-state index contributed by atoms with van der Waals surface area (Å²) in [6.45, 7) is 0. The van der Waals surface area contributed by atoms with E-state index in [4.69, 9.17) is 3.66 Å². The zero-order valence-electron chi connectivity index (χ0n) is 16.5. The fourth-order valence-corrected chi connectivity index (χ4v) is 3.82. The zero-order valence-corrected chi connectivity index (χ0v) is 19.0. The Hall–Kier alpha value is -2.95. The minimum absolute atomic E-state index is 0. The molecule has 2 aromatic carbocycles. The first kappa shape index (κ1) is 22.7. The van der Waals surface area contributed by atoms with Crippen LogP contribution >= 0.6 is 0 Å². The third kappa shape index (κ3) is 6.27. The summed E-state index contributed by atoms with van der Waals surface area (Å²) in [5.41, 5.74) is 3.33. The number of pyridine rings is 3. The molecule has 5 aromatic rings. The Morgan fingerprint density at radius 3 is 2.10 bits per heavy atom. The van der Waals surface area contributed by atoms with Crippen LogP contribution in [0, 0.1) is 0 Å². The molecule has 4 nitrogen and oxygen atoms in total. The van der Waals surface area contributed by atoms with Crippen molar-refractivity contribution in [2.24, 2.45) is 0 Å². The number of hydrogen-bond acceptors (Lipinski definition) is 4. The van der Waals surface area contributed by atoms with Gasteiger partial charge in [0, 0.05) is 0 Å². The molecule has 3 aromatic heterocycles. The van der Waals surface area contributed by atoms with Crippen LogP contribution in [-0.2, 0) is 33.7 Å². The number of rotatable bonds is 5. The van der Waals surface area contributed by atoms with Crippen molar-refractivity contribution in [2.75, 3.05) is 0 Å². The molecule has 0 aliphatic rings. The second-order valence-electron chi connectivity index (χ2n) is 6.25. The molecule has 0 aliphatic heterocycles. The normalized spacial score (nSPS) is 9.55. The van der Waals surface area contributed by atoms with E-state index in [0.717, 1.165) is 28.4 Å². The van der Waals surface area contributed by atoms with Gasteiger partial charge in [-0.25, -0.2) is 12.1 Å². The van der Waals surface area contributed by atoms with Crippen LogP contribution in [0.4, 0.5) is 0 Å². The molecule has 5 rings (SSSR count). The molecule has 6 heteroatoms. The van der Waals surface area contributed by atoms with E-state index in [0.29, 0.717) is 0 Å². The van der Waals surface area contributed by atoms with Gasteiger partial charge in [-0.3, -0.25) is 0 Å². The summed E-state index contributed by atoms with van der Waals surface area (Å²) >= 11 is -0.414. The Balaban J connectivity index is 0.000000401. The van der Waals surface area contributed by atoms with E-state index in [1.807, 2.05) is 84.9 Å². The van der Waals surface area contributed by atoms with Crippen LogP contribution in [0.25, 0.3) is 22.6 Å². The molecule has 0 aliphatic carbocycles. The van der Waals surface area contributed by atoms with E-state index in [9.17, 15) is 0 Å². The van der Waals surface area contributed by atoms with Crippen LogP contribution in [0.5, 0.6) is 5.75 Å². The van der Waals surface area contributed by atoms with Crippen LogP contribution in [0.1, 0.15) is 0 Å². The molecule has 0 saturated heterocycles. The predicted molar refractivity (Wildman–Crippen MR) is 115 cm³/mol. The van der Waals surface area contributed by atoms with Gasteiger partial charge in [-0.2, -0.15) is 18.2 Å². The van der Waals surface area contributed by atoms with Gasteiger partial charge in [0.25, 0.3) is 0 Å². The van der Waals surface area contributed by atoms with Gasteiger partial charge in [0.2, 0.25) is 0 Å². The molecule has 151 valence electrons. The van der Waals surface area contributed by atoms with Crippen LogP contribution in [-0.4, -0.2) is 15.0 Å². The molecule has 0 atom stereocenters. The molecule has 0 amide bonds. The molecule has 0 bridgehead atoms. The molecule has 3 heterocycles. The van der Waals surface area contributed by atoms with Crippen LogP contribution in [0.3, 0.4) is 0 Å². The summed E-state index contributed by atoms with van der Waals surface area (Å²) < 4.78 is 7.32. The van der Waals surface area contributed by atoms with Crippen molar-refractivity contribution < 1.29 is 37.4 Å². The van der Waals surface area contributed by atoms with Gasteiger partial charge in [-0.1, -0.05) is 0 Å². The number of aromatic nitrogens is 3. The van der Waals surface area contributed by atoms with E-state index in [-0.39, 0.29) is 17.1 Å². The van der Waals surface area contributed by atoms with Crippen molar-refractivity contribution in [3.05, 3.63) is 116 Å². The second-order valence-corrected chi connectivity index (χ2v) is 7.63. The van der Waals surface area contributed by atoms with E-state index in [1.54, 1.807) is 18.6 Å². The van der Waals surface area contributed by atoms with E-state index in [1.165, 1.54) is 4.28 Å². The Kier molecular flexibility index (Phi) is 8.83. The average molecular weight is 484 g/mol. The molecule has 0 spiro atoms. The Morgan fingerprint density at radius 2 is 1.42 bits per heavy atom. The first-order valence-corrected chi connectivity index (χ1v) is 10.8. The molecule has 0 saturated carbocycles. The fraction of sp³-hybridized carbons (Fsp3) is 0. The SMILES string of the molecule is [Fe+2].c1cc[cH-]c1.c1ccc(-c2cccnc2-c2ncccc2[O][V+2][c-]2cccc2)nc1. The second kappa shape index (κ2) is 12.0. The fourth-order valence-electron chi connectivity index (χ4n) is 2.81. The van der Waals surface area contributed by atoms with Crippen molar-refractivity contribution in [3.63, 3.8) is 0 Å². The topological polar surface area (TPSA) is 47.9 Å². The minimum atomic E-state index is -0.414. The summed E-state index contributed by atoms with van der Waals surface area (Å²) in [6.07, 6.45) is 5.31. The third-order valence-electron chi connectivity index (χ3n) is 4.19. The van der Waals surface area contributed by atoms with Gasteiger partial charge < -0.3 is 0 Å². The van der Waals surface area contributed by atoms with Crippen molar-refractivity contribution in [1.29, 1.82) is 0 Å². The van der Waals surface area contributed by atoms with E-state index < -0.39 is 16.6 Å². The summed E-state index contributed by atoms with van der Waals surface area (Å²) in [6, 6.07) is 31.8. The molecular formula is C25H19FeN3OV+2. The summed E-state index contributed by atoms with van der Waals surface area (Å²) in [4.78, 5) is 13.5. The quantitative estimate of drug-likeness (QED) is 0.260. The van der Waals surface area contributed by atoms with Gasteiger partial charge in [-0.05, 0) is 0 Å².